The Bertz CT molecular complexity index is 481. The molecule has 0 aliphatic heterocycles. The highest BCUT2D eigenvalue weighted by Crippen LogP contribution is 2.29. The fourth-order valence-electron chi connectivity index (χ4n) is 2.17. The SMILES string of the molecule is CC(C)c1c(-c2ccccc2)ncn1C(C)C. The summed E-state index contributed by atoms with van der Waals surface area (Å²) in [5.41, 5.74) is 3.65. The largest absolute Gasteiger partial charge is 0.331 e. The average Bonchev–Trinajstić information content (AvgIpc) is 2.74. The summed E-state index contributed by atoms with van der Waals surface area (Å²) in [6.07, 6.45) is 1.96. The van der Waals surface area contributed by atoms with E-state index in [4.69, 9.17) is 0 Å². The Balaban J connectivity index is 2.56. The molecule has 1 heterocycles. The maximum Gasteiger partial charge on any atom is 0.0958 e. The summed E-state index contributed by atoms with van der Waals surface area (Å²) >= 11 is 0. The number of hydrogen-bond donors (Lipinski definition) is 0. The van der Waals surface area contributed by atoms with Crippen molar-refractivity contribution in [2.75, 3.05) is 0 Å². The summed E-state index contributed by atoms with van der Waals surface area (Å²) in [5, 5.41) is 0. The van der Waals surface area contributed by atoms with Gasteiger partial charge in [-0.3, -0.25) is 0 Å². The standard InChI is InChI=1S/C15H20N2/c1-11(2)15-14(13-8-6-5-7-9-13)16-10-17(15)12(3)4/h5-12H,1-4H3. The summed E-state index contributed by atoms with van der Waals surface area (Å²) in [5.74, 6) is 0.482. The van der Waals surface area contributed by atoms with Gasteiger partial charge in [-0.15, -0.1) is 0 Å². The highest BCUT2D eigenvalue weighted by atomic mass is 15.1. The van der Waals surface area contributed by atoms with E-state index in [2.05, 4.69) is 61.5 Å². The fourth-order valence-corrected chi connectivity index (χ4v) is 2.17. The molecule has 2 rings (SSSR count). The van der Waals surface area contributed by atoms with Gasteiger partial charge in [-0.2, -0.15) is 0 Å². The number of nitrogens with zero attached hydrogens (tertiary/aromatic N) is 2. The van der Waals surface area contributed by atoms with E-state index in [-0.39, 0.29) is 0 Å². The van der Waals surface area contributed by atoms with Crippen molar-refractivity contribution in [3.8, 4) is 11.3 Å². The van der Waals surface area contributed by atoms with E-state index in [0.717, 1.165) is 5.69 Å². The van der Waals surface area contributed by atoms with Crippen LogP contribution in [0.2, 0.25) is 0 Å². The van der Waals surface area contributed by atoms with Crippen molar-refractivity contribution >= 4 is 0 Å². The maximum atomic E-state index is 4.59. The van der Waals surface area contributed by atoms with Crippen molar-refractivity contribution in [2.24, 2.45) is 0 Å². The normalized spacial score (nSPS) is 11.4. The van der Waals surface area contributed by atoms with Crippen LogP contribution in [0.4, 0.5) is 0 Å². The van der Waals surface area contributed by atoms with Gasteiger partial charge in [-0.25, -0.2) is 4.98 Å². The monoisotopic (exact) mass is 228 g/mol. The van der Waals surface area contributed by atoms with Crippen LogP contribution in [0, 0.1) is 0 Å². The van der Waals surface area contributed by atoms with Crippen LogP contribution in [-0.2, 0) is 0 Å². The van der Waals surface area contributed by atoms with Gasteiger partial charge < -0.3 is 4.57 Å². The first kappa shape index (κ1) is 11.9. The van der Waals surface area contributed by atoms with Gasteiger partial charge in [0.1, 0.15) is 0 Å². The summed E-state index contributed by atoms with van der Waals surface area (Å²) < 4.78 is 2.27. The highest BCUT2D eigenvalue weighted by molar-refractivity contribution is 5.62. The van der Waals surface area contributed by atoms with Gasteiger partial charge in [0.2, 0.25) is 0 Å². The Morgan fingerprint density at radius 1 is 1.00 bits per heavy atom. The molecule has 90 valence electrons. The van der Waals surface area contributed by atoms with E-state index < -0.39 is 0 Å². The third kappa shape index (κ3) is 2.26. The summed E-state index contributed by atoms with van der Waals surface area (Å²) in [6, 6.07) is 10.9. The molecule has 0 N–H and O–H groups in total. The van der Waals surface area contributed by atoms with E-state index in [1.54, 1.807) is 0 Å². The van der Waals surface area contributed by atoms with Gasteiger partial charge in [0, 0.05) is 17.3 Å². The van der Waals surface area contributed by atoms with Crippen molar-refractivity contribution in [1.29, 1.82) is 0 Å². The Hall–Kier alpha value is -1.57. The molecule has 17 heavy (non-hydrogen) atoms. The van der Waals surface area contributed by atoms with Crippen molar-refractivity contribution in [2.45, 2.75) is 39.7 Å². The summed E-state index contributed by atoms with van der Waals surface area (Å²) in [6.45, 7) is 8.84. The summed E-state index contributed by atoms with van der Waals surface area (Å²) in [4.78, 5) is 4.59. The Morgan fingerprint density at radius 3 is 2.18 bits per heavy atom. The fraction of sp³-hybridized carbons (Fsp3) is 0.400. The molecule has 2 heteroatoms. The average molecular weight is 228 g/mol. The van der Waals surface area contributed by atoms with Crippen molar-refractivity contribution < 1.29 is 0 Å². The third-order valence-corrected chi connectivity index (χ3v) is 2.98. The molecule has 0 amide bonds. The van der Waals surface area contributed by atoms with Gasteiger partial charge in [-0.1, -0.05) is 44.2 Å². The lowest BCUT2D eigenvalue weighted by Gasteiger charge is -2.16. The van der Waals surface area contributed by atoms with E-state index in [1.165, 1.54) is 11.3 Å². The molecule has 0 atom stereocenters. The molecule has 2 nitrogen and oxygen atoms in total. The van der Waals surface area contributed by atoms with Gasteiger partial charge in [0.25, 0.3) is 0 Å². The van der Waals surface area contributed by atoms with E-state index in [0.29, 0.717) is 12.0 Å². The molecule has 0 spiro atoms. The van der Waals surface area contributed by atoms with Crippen molar-refractivity contribution in [1.82, 2.24) is 9.55 Å². The first-order valence-corrected chi connectivity index (χ1v) is 6.23. The van der Waals surface area contributed by atoms with Crippen molar-refractivity contribution in [3.63, 3.8) is 0 Å². The Kier molecular flexibility index (Phi) is 3.32. The van der Waals surface area contributed by atoms with Crippen LogP contribution < -0.4 is 0 Å². The predicted octanol–water partition coefficient (Wildman–Crippen LogP) is 4.25. The lowest BCUT2D eigenvalue weighted by atomic mass is 10.0. The predicted molar refractivity (Wildman–Crippen MR) is 72.1 cm³/mol. The van der Waals surface area contributed by atoms with Crippen LogP contribution in [0.3, 0.4) is 0 Å². The minimum Gasteiger partial charge on any atom is -0.331 e. The first-order chi connectivity index (χ1) is 8.11. The molecule has 0 saturated carbocycles. The molecule has 0 bridgehead atoms. The minimum absolute atomic E-state index is 0.456. The molecule has 0 aliphatic carbocycles. The second kappa shape index (κ2) is 4.74. The van der Waals surface area contributed by atoms with Crippen LogP contribution >= 0.6 is 0 Å². The molecule has 1 aromatic heterocycles. The number of benzene rings is 1. The van der Waals surface area contributed by atoms with Crippen LogP contribution in [0.5, 0.6) is 0 Å². The molecule has 0 fully saturated rings. The van der Waals surface area contributed by atoms with Crippen LogP contribution in [0.15, 0.2) is 36.7 Å². The molecular formula is C15H20N2. The number of aromatic nitrogens is 2. The molecule has 2 aromatic rings. The van der Waals surface area contributed by atoms with E-state index in [9.17, 15) is 0 Å². The molecule has 0 radical (unpaired) electrons. The smallest absolute Gasteiger partial charge is 0.0958 e. The topological polar surface area (TPSA) is 17.8 Å². The van der Waals surface area contributed by atoms with Gasteiger partial charge in [-0.05, 0) is 19.8 Å². The van der Waals surface area contributed by atoms with E-state index in [1.807, 2.05) is 12.4 Å². The molecular weight excluding hydrogens is 208 g/mol. The second-order valence-corrected chi connectivity index (χ2v) is 5.00. The zero-order valence-corrected chi connectivity index (χ0v) is 11.0. The molecule has 1 aromatic carbocycles. The zero-order valence-electron chi connectivity index (χ0n) is 11.0. The highest BCUT2D eigenvalue weighted by Gasteiger charge is 2.16. The minimum atomic E-state index is 0.456. The molecule has 0 unspecified atom stereocenters. The van der Waals surface area contributed by atoms with Crippen LogP contribution in [-0.4, -0.2) is 9.55 Å². The first-order valence-electron chi connectivity index (χ1n) is 6.23. The number of hydrogen-bond acceptors (Lipinski definition) is 1. The van der Waals surface area contributed by atoms with Gasteiger partial charge in [0.15, 0.2) is 0 Å². The number of rotatable bonds is 3. The van der Waals surface area contributed by atoms with Crippen molar-refractivity contribution in [3.05, 3.63) is 42.4 Å². The lowest BCUT2D eigenvalue weighted by molar-refractivity contribution is 0.559. The van der Waals surface area contributed by atoms with Crippen LogP contribution in [0.1, 0.15) is 45.3 Å². The quantitative estimate of drug-likeness (QED) is 0.767. The third-order valence-electron chi connectivity index (χ3n) is 2.98. The maximum absolute atomic E-state index is 4.59. The Morgan fingerprint density at radius 2 is 1.65 bits per heavy atom. The second-order valence-electron chi connectivity index (χ2n) is 5.00. The lowest BCUT2D eigenvalue weighted by Crippen LogP contribution is -2.06. The van der Waals surface area contributed by atoms with Gasteiger partial charge >= 0.3 is 0 Å². The Labute approximate surface area is 103 Å². The van der Waals surface area contributed by atoms with E-state index >= 15 is 0 Å². The zero-order chi connectivity index (χ0) is 12.4. The van der Waals surface area contributed by atoms with Gasteiger partial charge in [0.05, 0.1) is 12.0 Å². The summed E-state index contributed by atoms with van der Waals surface area (Å²) in [7, 11) is 0. The number of imidazole rings is 1. The van der Waals surface area contributed by atoms with Crippen LogP contribution in [0.25, 0.3) is 11.3 Å². The molecule has 0 aliphatic rings. The molecule has 0 saturated heterocycles.